The van der Waals surface area contributed by atoms with Crippen LogP contribution in [0.4, 0.5) is 0 Å². The van der Waals surface area contributed by atoms with Gasteiger partial charge >= 0.3 is 0 Å². The SMILES string of the molecule is CC(N)C(C)C(=O)N1CCC[C@@H]1CO. The minimum Gasteiger partial charge on any atom is -0.394 e. The van der Waals surface area contributed by atoms with Gasteiger partial charge in [0.1, 0.15) is 0 Å². The van der Waals surface area contributed by atoms with Gasteiger partial charge in [-0.2, -0.15) is 0 Å². The van der Waals surface area contributed by atoms with Gasteiger partial charge in [0.15, 0.2) is 0 Å². The summed E-state index contributed by atoms with van der Waals surface area (Å²) in [6.45, 7) is 4.52. The normalized spacial score (nSPS) is 26.3. The fraction of sp³-hybridized carbons (Fsp3) is 0.900. The number of hydrogen-bond acceptors (Lipinski definition) is 3. The maximum absolute atomic E-state index is 11.9. The molecule has 1 amide bonds. The van der Waals surface area contributed by atoms with E-state index < -0.39 is 0 Å². The van der Waals surface area contributed by atoms with Gasteiger partial charge in [-0.05, 0) is 19.8 Å². The summed E-state index contributed by atoms with van der Waals surface area (Å²) >= 11 is 0. The maximum atomic E-state index is 11.9. The third kappa shape index (κ3) is 2.25. The molecule has 1 saturated heterocycles. The summed E-state index contributed by atoms with van der Waals surface area (Å²) in [5.41, 5.74) is 5.68. The zero-order valence-corrected chi connectivity index (χ0v) is 8.94. The molecule has 4 heteroatoms. The lowest BCUT2D eigenvalue weighted by molar-refractivity contribution is -0.137. The molecule has 0 aliphatic carbocycles. The van der Waals surface area contributed by atoms with Crippen molar-refractivity contribution in [2.75, 3.05) is 13.2 Å². The number of amides is 1. The molecule has 0 aromatic carbocycles. The van der Waals surface area contributed by atoms with Crippen LogP contribution in [0.2, 0.25) is 0 Å². The minimum atomic E-state index is -0.151. The van der Waals surface area contributed by atoms with Gasteiger partial charge in [0.05, 0.1) is 18.6 Å². The predicted molar refractivity (Wildman–Crippen MR) is 54.6 cm³/mol. The highest BCUT2D eigenvalue weighted by Crippen LogP contribution is 2.19. The van der Waals surface area contributed by atoms with Crippen molar-refractivity contribution in [3.8, 4) is 0 Å². The molecule has 14 heavy (non-hydrogen) atoms. The van der Waals surface area contributed by atoms with Crippen LogP contribution in [0.5, 0.6) is 0 Å². The Morgan fingerprint density at radius 3 is 2.79 bits per heavy atom. The summed E-state index contributed by atoms with van der Waals surface area (Å²) in [6.07, 6.45) is 1.90. The lowest BCUT2D eigenvalue weighted by Gasteiger charge is -2.27. The third-order valence-corrected chi connectivity index (χ3v) is 3.05. The Morgan fingerprint density at radius 1 is 1.64 bits per heavy atom. The van der Waals surface area contributed by atoms with Crippen molar-refractivity contribution in [1.29, 1.82) is 0 Å². The van der Waals surface area contributed by atoms with E-state index in [2.05, 4.69) is 0 Å². The van der Waals surface area contributed by atoms with Crippen molar-refractivity contribution in [3.63, 3.8) is 0 Å². The van der Waals surface area contributed by atoms with E-state index >= 15 is 0 Å². The number of aliphatic hydroxyl groups is 1. The summed E-state index contributed by atoms with van der Waals surface area (Å²) in [7, 11) is 0. The van der Waals surface area contributed by atoms with Gasteiger partial charge in [-0.25, -0.2) is 0 Å². The van der Waals surface area contributed by atoms with E-state index in [1.807, 2.05) is 13.8 Å². The monoisotopic (exact) mass is 200 g/mol. The third-order valence-electron chi connectivity index (χ3n) is 3.05. The Hall–Kier alpha value is -0.610. The Kier molecular flexibility index (Phi) is 3.89. The lowest BCUT2D eigenvalue weighted by atomic mass is 10.0. The molecular formula is C10H20N2O2. The number of nitrogens with zero attached hydrogens (tertiary/aromatic N) is 1. The van der Waals surface area contributed by atoms with Crippen LogP contribution >= 0.6 is 0 Å². The van der Waals surface area contributed by atoms with Crippen LogP contribution in [-0.4, -0.2) is 41.1 Å². The van der Waals surface area contributed by atoms with Gasteiger partial charge in [0, 0.05) is 12.6 Å². The van der Waals surface area contributed by atoms with Crippen molar-refractivity contribution in [2.45, 2.75) is 38.8 Å². The van der Waals surface area contributed by atoms with Gasteiger partial charge in [-0.3, -0.25) is 4.79 Å². The average molecular weight is 200 g/mol. The van der Waals surface area contributed by atoms with Crippen LogP contribution in [0.25, 0.3) is 0 Å². The van der Waals surface area contributed by atoms with E-state index in [-0.39, 0.29) is 30.5 Å². The fourth-order valence-electron chi connectivity index (χ4n) is 1.80. The quantitative estimate of drug-likeness (QED) is 0.671. The summed E-state index contributed by atoms with van der Waals surface area (Å²) in [6, 6.07) is -0.105. The van der Waals surface area contributed by atoms with Gasteiger partial charge in [-0.1, -0.05) is 6.92 Å². The van der Waals surface area contributed by atoms with Gasteiger partial charge in [-0.15, -0.1) is 0 Å². The van der Waals surface area contributed by atoms with Crippen LogP contribution in [0.3, 0.4) is 0 Å². The first kappa shape index (κ1) is 11.5. The van der Waals surface area contributed by atoms with E-state index in [0.717, 1.165) is 19.4 Å². The van der Waals surface area contributed by atoms with E-state index in [4.69, 9.17) is 10.8 Å². The molecule has 3 N–H and O–H groups in total. The molecule has 1 rings (SSSR count). The first-order chi connectivity index (χ1) is 6.57. The predicted octanol–water partition coefficient (Wildman–Crippen LogP) is -0.0470. The summed E-state index contributed by atoms with van der Waals surface area (Å²) < 4.78 is 0. The second kappa shape index (κ2) is 4.75. The highest BCUT2D eigenvalue weighted by molar-refractivity contribution is 5.79. The lowest BCUT2D eigenvalue weighted by Crippen LogP contribution is -2.45. The molecule has 4 nitrogen and oxygen atoms in total. The first-order valence-corrected chi connectivity index (χ1v) is 5.24. The highest BCUT2D eigenvalue weighted by Gasteiger charge is 2.31. The Morgan fingerprint density at radius 2 is 2.29 bits per heavy atom. The molecule has 0 bridgehead atoms. The van der Waals surface area contributed by atoms with Crippen LogP contribution in [0.1, 0.15) is 26.7 Å². The largest absolute Gasteiger partial charge is 0.394 e. The fourth-order valence-corrected chi connectivity index (χ4v) is 1.80. The molecule has 1 fully saturated rings. The van der Waals surface area contributed by atoms with Crippen LogP contribution in [-0.2, 0) is 4.79 Å². The van der Waals surface area contributed by atoms with E-state index in [0.29, 0.717) is 0 Å². The summed E-state index contributed by atoms with van der Waals surface area (Å²) in [5.74, 6) is -0.0706. The molecule has 82 valence electrons. The standard InChI is InChI=1S/C10H20N2O2/c1-7(8(2)11)10(14)12-5-3-4-9(12)6-13/h7-9,13H,3-6,11H2,1-2H3/t7?,8?,9-/m1/s1. The number of carbonyl (C=O) groups excluding carboxylic acids is 1. The van der Waals surface area contributed by atoms with Crippen LogP contribution in [0.15, 0.2) is 0 Å². The second-order valence-corrected chi connectivity index (χ2v) is 4.16. The highest BCUT2D eigenvalue weighted by atomic mass is 16.3. The number of aliphatic hydroxyl groups excluding tert-OH is 1. The molecule has 2 unspecified atom stereocenters. The van der Waals surface area contributed by atoms with Crippen LogP contribution < -0.4 is 5.73 Å². The molecule has 0 saturated carbocycles. The molecule has 1 heterocycles. The molecule has 1 aliphatic rings. The minimum absolute atomic E-state index is 0.0173. The average Bonchev–Trinajstić information content (AvgIpc) is 2.62. The van der Waals surface area contributed by atoms with Crippen LogP contribution in [0, 0.1) is 5.92 Å². The van der Waals surface area contributed by atoms with Gasteiger partial charge < -0.3 is 15.7 Å². The number of hydrogen-bond donors (Lipinski definition) is 2. The van der Waals surface area contributed by atoms with Crippen molar-refractivity contribution >= 4 is 5.91 Å². The van der Waals surface area contributed by atoms with Crippen molar-refractivity contribution in [3.05, 3.63) is 0 Å². The van der Waals surface area contributed by atoms with Crippen molar-refractivity contribution < 1.29 is 9.90 Å². The maximum Gasteiger partial charge on any atom is 0.227 e. The first-order valence-electron chi connectivity index (χ1n) is 5.24. The second-order valence-electron chi connectivity index (χ2n) is 4.16. The number of rotatable bonds is 3. The van der Waals surface area contributed by atoms with E-state index in [1.165, 1.54) is 0 Å². The van der Waals surface area contributed by atoms with Crippen molar-refractivity contribution in [1.82, 2.24) is 4.90 Å². The molecule has 0 aromatic heterocycles. The van der Waals surface area contributed by atoms with Gasteiger partial charge in [0.25, 0.3) is 0 Å². The summed E-state index contributed by atoms with van der Waals surface area (Å²) in [4.78, 5) is 13.7. The molecule has 1 aliphatic heterocycles. The Labute approximate surface area is 85.1 Å². The summed E-state index contributed by atoms with van der Waals surface area (Å²) in [5, 5.41) is 9.08. The smallest absolute Gasteiger partial charge is 0.227 e. The molecule has 3 atom stereocenters. The zero-order valence-electron chi connectivity index (χ0n) is 8.94. The number of nitrogens with two attached hydrogens (primary N) is 1. The van der Waals surface area contributed by atoms with E-state index in [1.54, 1.807) is 4.90 Å². The Balaban J connectivity index is 2.59. The molecule has 0 aromatic rings. The van der Waals surface area contributed by atoms with E-state index in [9.17, 15) is 4.79 Å². The van der Waals surface area contributed by atoms with Gasteiger partial charge in [0.2, 0.25) is 5.91 Å². The zero-order chi connectivity index (χ0) is 10.7. The molecule has 0 spiro atoms. The molecule has 0 radical (unpaired) electrons. The number of carbonyl (C=O) groups is 1. The Bertz CT molecular complexity index is 206. The topological polar surface area (TPSA) is 66.6 Å². The van der Waals surface area contributed by atoms with Crippen molar-refractivity contribution in [2.24, 2.45) is 11.7 Å². The number of likely N-dealkylation sites (tertiary alicyclic amines) is 1. The molecular weight excluding hydrogens is 180 g/mol.